The van der Waals surface area contributed by atoms with Crippen molar-refractivity contribution in [3.63, 3.8) is 0 Å². The minimum Gasteiger partial charge on any atom is -0.353 e. The summed E-state index contributed by atoms with van der Waals surface area (Å²) in [5.74, 6) is -0.593. The highest BCUT2D eigenvalue weighted by Crippen LogP contribution is 2.16. The van der Waals surface area contributed by atoms with Crippen LogP contribution in [0.3, 0.4) is 0 Å². The van der Waals surface area contributed by atoms with Gasteiger partial charge in [0.25, 0.3) is 5.91 Å². The van der Waals surface area contributed by atoms with Crippen molar-refractivity contribution in [3.05, 3.63) is 71.0 Å². The maximum Gasteiger partial charge on any atom is 0.251 e. The minimum absolute atomic E-state index is 0.0309. The van der Waals surface area contributed by atoms with Gasteiger partial charge in [0, 0.05) is 44.2 Å². The molecule has 1 fully saturated rings. The van der Waals surface area contributed by atoms with Crippen LogP contribution in [0.2, 0.25) is 0 Å². The lowest BCUT2D eigenvalue weighted by Gasteiger charge is -2.32. The number of halogens is 1. The Morgan fingerprint density at radius 1 is 1.07 bits per heavy atom. The third-order valence-electron chi connectivity index (χ3n) is 5.58. The molecular formula is C24H30FN3O2. The van der Waals surface area contributed by atoms with Crippen molar-refractivity contribution >= 4 is 11.8 Å². The summed E-state index contributed by atoms with van der Waals surface area (Å²) in [6.07, 6.45) is 2.87. The molecule has 0 bridgehead atoms. The summed E-state index contributed by atoms with van der Waals surface area (Å²) in [6.45, 7) is 5.48. The molecule has 1 heterocycles. The molecule has 30 heavy (non-hydrogen) atoms. The summed E-state index contributed by atoms with van der Waals surface area (Å²) in [6, 6.07) is 14.1. The zero-order chi connectivity index (χ0) is 21.3. The zero-order valence-electron chi connectivity index (χ0n) is 17.5. The van der Waals surface area contributed by atoms with Crippen molar-refractivity contribution in [2.24, 2.45) is 0 Å². The predicted molar refractivity (Wildman–Crippen MR) is 116 cm³/mol. The van der Waals surface area contributed by atoms with Crippen molar-refractivity contribution in [2.75, 3.05) is 19.6 Å². The van der Waals surface area contributed by atoms with Crippen LogP contribution in [0, 0.1) is 12.7 Å². The van der Waals surface area contributed by atoms with Gasteiger partial charge in [-0.25, -0.2) is 4.39 Å². The molecule has 2 aromatic carbocycles. The summed E-state index contributed by atoms with van der Waals surface area (Å²) in [7, 11) is 0. The zero-order valence-corrected chi connectivity index (χ0v) is 17.5. The molecular weight excluding hydrogens is 381 g/mol. The van der Waals surface area contributed by atoms with Gasteiger partial charge in [0.05, 0.1) is 0 Å². The quantitative estimate of drug-likeness (QED) is 0.655. The fraction of sp³-hybridized carbons (Fsp3) is 0.417. The number of amides is 2. The first-order valence-corrected chi connectivity index (χ1v) is 10.6. The Bertz CT molecular complexity index is 846. The van der Waals surface area contributed by atoms with E-state index in [1.807, 2.05) is 0 Å². The van der Waals surface area contributed by atoms with Crippen LogP contribution in [0.5, 0.6) is 0 Å². The van der Waals surface area contributed by atoms with Gasteiger partial charge in [-0.1, -0.05) is 24.3 Å². The van der Waals surface area contributed by atoms with E-state index in [0.29, 0.717) is 24.9 Å². The van der Waals surface area contributed by atoms with Gasteiger partial charge in [0.15, 0.2) is 0 Å². The van der Waals surface area contributed by atoms with Crippen molar-refractivity contribution in [3.8, 4) is 0 Å². The number of hydrogen-bond donors (Lipinski definition) is 2. The molecule has 0 unspecified atom stereocenters. The second-order valence-electron chi connectivity index (χ2n) is 7.91. The van der Waals surface area contributed by atoms with E-state index in [9.17, 15) is 14.0 Å². The van der Waals surface area contributed by atoms with Gasteiger partial charge in [-0.2, -0.15) is 0 Å². The van der Waals surface area contributed by atoms with E-state index in [1.165, 1.54) is 35.4 Å². The van der Waals surface area contributed by atoms with E-state index in [1.54, 1.807) is 0 Å². The van der Waals surface area contributed by atoms with Gasteiger partial charge in [0.1, 0.15) is 5.82 Å². The lowest BCUT2D eigenvalue weighted by molar-refractivity contribution is -0.122. The number of carbonyl (C=O) groups is 2. The van der Waals surface area contributed by atoms with Crippen LogP contribution >= 0.6 is 0 Å². The van der Waals surface area contributed by atoms with E-state index in [4.69, 9.17) is 0 Å². The van der Waals surface area contributed by atoms with E-state index >= 15 is 0 Å². The Kier molecular flexibility index (Phi) is 7.97. The molecule has 2 aromatic rings. The first-order chi connectivity index (χ1) is 14.5. The van der Waals surface area contributed by atoms with Crippen LogP contribution in [0.25, 0.3) is 0 Å². The van der Waals surface area contributed by atoms with Crippen molar-refractivity contribution in [1.29, 1.82) is 0 Å². The van der Waals surface area contributed by atoms with Crippen LogP contribution in [0.1, 0.15) is 47.2 Å². The minimum atomic E-state index is -0.371. The molecule has 2 N–H and O–H groups in total. The molecule has 0 radical (unpaired) electrons. The number of aryl methyl sites for hydroxylation is 1. The Morgan fingerprint density at radius 3 is 2.47 bits per heavy atom. The maximum atomic E-state index is 12.9. The summed E-state index contributed by atoms with van der Waals surface area (Å²) in [5.41, 5.74) is 3.10. The maximum absolute atomic E-state index is 12.9. The number of benzene rings is 2. The molecule has 2 amide bonds. The second kappa shape index (κ2) is 10.9. The van der Waals surface area contributed by atoms with Crippen molar-refractivity contribution in [1.82, 2.24) is 15.5 Å². The third kappa shape index (κ3) is 6.66. The van der Waals surface area contributed by atoms with Crippen LogP contribution in [0.15, 0.2) is 48.5 Å². The van der Waals surface area contributed by atoms with Gasteiger partial charge < -0.3 is 10.6 Å². The monoisotopic (exact) mass is 411 g/mol. The number of carbonyl (C=O) groups excluding carboxylic acids is 2. The normalized spacial score (nSPS) is 15.0. The molecule has 0 saturated carbocycles. The van der Waals surface area contributed by atoms with Gasteiger partial charge in [-0.3, -0.25) is 14.5 Å². The molecule has 1 aliphatic rings. The van der Waals surface area contributed by atoms with Gasteiger partial charge in [-0.15, -0.1) is 0 Å². The van der Waals surface area contributed by atoms with Crippen molar-refractivity contribution in [2.45, 2.75) is 45.2 Å². The molecule has 0 spiro atoms. The molecule has 5 nitrogen and oxygen atoms in total. The number of piperidine rings is 1. The fourth-order valence-corrected chi connectivity index (χ4v) is 3.72. The standard InChI is InChI=1S/C24H30FN3O2/c1-18-5-2-3-6-20(18)17-28-15-12-22(13-16-28)27-23(29)7-4-14-26-24(30)19-8-10-21(25)11-9-19/h2-3,5-6,8-11,22H,4,7,12-17H2,1H3,(H,26,30)(H,27,29). The third-order valence-corrected chi connectivity index (χ3v) is 5.58. The van der Waals surface area contributed by atoms with Crippen LogP contribution in [-0.2, 0) is 11.3 Å². The molecule has 1 aliphatic heterocycles. The topological polar surface area (TPSA) is 61.4 Å². The van der Waals surface area contributed by atoms with Crippen LogP contribution < -0.4 is 10.6 Å². The number of likely N-dealkylation sites (tertiary alicyclic amines) is 1. The highest BCUT2D eigenvalue weighted by Gasteiger charge is 2.20. The first-order valence-electron chi connectivity index (χ1n) is 10.6. The lowest BCUT2D eigenvalue weighted by atomic mass is 10.0. The van der Waals surface area contributed by atoms with Gasteiger partial charge >= 0.3 is 0 Å². The summed E-state index contributed by atoms with van der Waals surface area (Å²) >= 11 is 0. The molecule has 3 rings (SSSR count). The largest absolute Gasteiger partial charge is 0.353 e. The van der Waals surface area contributed by atoms with Gasteiger partial charge in [-0.05, 0) is 61.6 Å². The Hall–Kier alpha value is -2.73. The molecule has 0 aromatic heterocycles. The van der Waals surface area contributed by atoms with Gasteiger partial charge in [0.2, 0.25) is 5.91 Å². The summed E-state index contributed by atoms with van der Waals surface area (Å²) in [5, 5.41) is 5.88. The highest BCUT2D eigenvalue weighted by atomic mass is 19.1. The first kappa shape index (κ1) is 22.0. The molecule has 1 saturated heterocycles. The van der Waals surface area contributed by atoms with E-state index in [-0.39, 0.29) is 23.7 Å². The average molecular weight is 412 g/mol. The summed E-state index contributed by atoms with van der Waals surface area (Å²) in [4.78, 5) is 26.6. The summed E-state index contributed by atoms with van der Waals surface area (Å²) < 4.78 is 12.9. The molecule has 0 aliphatic carbocycles. The van der Waals surface area contributed by atoms with E-state index in [2.05, 4.69) is 46.7 Å². The molecule has 6 heteroatoms. The number of hydrogen-bond acceptors (Lipinski definition) is 3. The Labute approximate surface area is 177 Å². The predicted octanol–water partition coefficient (Wildman–Crippen LogP) is 3.42. The number of rotatable bonds is 8. The second-order valence-corrected chi connectivity index (χ2v) is 7.91. The lowest BCUT2D eigenvalue weighted by Crippen LogP contribution is -2.44. The molecule has 160 valence electrons. The number of nitrogens with zero attached hydrogens (tertiary/aromatic N) is 1. The van der Waals surface area contributed by atoms with E-state index in [0.717, 1.165) is 32.5 Å². The Morgan fingerprint density at radius 2 is 1.77 bits per heavy atom. The number of nitrogens with one attached hydrogen (secondary N) is 2. The molecule has 0 atom stereocenters. The van der Waals surface area contributed by atoms with Crippen molar-refractivity contribution < 1.29 is 14.0 Å². The highest BCUT2D eigenvalue weighted by molar-refractivity contribution is 5.94. The Balaban J connectivity index is 1.30. The van der Waals surface area contributed by atoms with Crippen LogP contribution in [-0.4, -0.2) is 42.4 Å². The van der Waals surface area contributed by atoms with E-state index < -0.39 is 0 Å². The van der Waals surface area contributed by atoms with Crippen LogP contribution in [0.4, 0.5) is 4.39 Å². The average Bonchev–Trinajstić information content (AvgIpc) is 2.74. The SMILES string of the molecule is Cc1ccccc1CN1CCC(NC(=O)CCCNC(=O)c2ccc(F)cc2)CC1. The smallest absolute Gasteiger partial charge is 0.251 e. The fourth-order valence-electron chi connectivity index (χ4n) is 3.72.